The molecular weight excluding hydrogens is 278 g/mol. The van der Waals surface area contributed by atoms with Gasteiger partial charge in [0.25, 0.3) is 5.69 Å². The highest BCUT2D eigenvalue weighted by molar-refractivity contribution is 7.99. The zero-order valence-corrected chi connectivity index (χ0v) is 12.5. The maximum absolute atomic E-state index is 10.9. The molecule has 1 fully saturated rings. The smallest absolute Gasteiger partial charge is 0.269 e. The lowest BCUT2D eigenvalue weighted by Crippen LogP contribution is -2.47. The molecule has 0 aliphatic carbocycles. The first-order chi connectivity index (χ1) is 9.47. The maximum atomic E-state index is 10.9. The highest BCUT2D eigenvalue weighted by Crippen LogP contribution is 2.39. The summed E-state index contributed by atoms with van der Waals surface area (Å²) in [5.74, 6) is 0.798. The quantitative estimate of drug-likeness (QED) is 0.645. The SMILES string of the molecule is Cc1ccc([N+](=O)[O-])cc1C(C)SCC1(CO)COC1. The van der Waals surface area contributed by atoms with Crippen LogP contribution in [0, 0.1) is 22.5 Å². The van der Waals surface area contributed by atoms with Crippen LogP contribution in [0.5, 0.6) is 0 Å². The molecule has 1 aliphatic rings. The fourth-order valence-electron chi connectivity index (χ4n) is 2.18. The molecule has 1 saturated heterocycles. The molecule has 1 atom stereocenters. The van der Waals surface area contributed by atoms with E-state index >= 15 is 0 Å². The molecule has 0 radical (unpaired) electrons. The summed E-state index contributed by atoms with van der Waals surface area (Å²) in [5.41, 5.74) is 2.03. The lowest BCUT2D eigenvalue weighted by molar-refractivity contribution is -0.384. The molecule has 1 aromatic carbocycles. The van der Waals surface area contributed by atoms with Crippen LogP contribution in [0.15, 0.2) is 18.2 Å². The van der Waals surface area contributed by atoms with E-state index in [9.17, 15) is 15.2 Å². The van der Waals surface area contributed by atoms with Crippen LogP contribution in [0.3, 0.4) is 0 Å². The van der Waals surface area contributed by atoms with Gasteiger partial charge in [-0.25, -0.2) is 0 Å². The van der Waals surface area contributed by atoms with Gasteiger partial charge >= 0.3 is 0 Å². The van der Waals surface area contributed by atoms with Crippen molar-refractivity contribution in [3.05, 3.63) is 39.4 Å². The van der Waals surface area contributed by atoms with Crippen molar-refractivity contribution in [3.8, 4) is 0 Å². The van der Waals surface area contributed by atoms with Crippen LogP contribution >= 0.6 is 11.8 Å². The number of aliphatic hydroxyl groups excluding tert-OH is 1. The average Bonchev–Trinajstić information content (AvgIpc) is 2.38. The van der Waals surface area contributed by atoms with Gasteiger partial charge in [0, 0.05) is 28.6 Å². The molecule has 110 valence electrons. The predicted molar refractivity (Wildman–Crippen MR) is 79.0 cm³/mol. The molecule has 5 nitrogen and oxygen atoms in total. The lowest BCUT2D eigenvalue weighted by atomic mass is 9.90. The predicted octanol–water partition coefficient (Wildman–Crippen LogP) is 2.71. The number of nitro groups is 1. The number of aryl methyl sites for hydroxylation is 1. The highest BCUT2D eigenvalue weighted by atomic mass is 32.2. The van der Waals surface area contributed by atoms with Gasteiger partial charge in [0.05, 0.1) is 24.7 Å². The number of hydrogen-bond acceptors (Lipinski definition) is 5. The van der Waals surface area contributed by atoms with Crippen molar-refractivity contribution >= 4 is 17.4 Å². The number of benzene rings is 1. The summed E-state index contributed by atoms with van der Waals surface area (Å²) in [6, 6.07) is 4.97. The van der Waals surface area contributed by atoms with Gasteiger partial charge in [-0.2, -0.15) is 11.8 Å². The van der Waals surface area contributed by atoms with Crippen LogP contribution in [0.25, 0.3) is 0 Å². The summed E-state index contributed by atoms with van der Waals surface area (Å²) < 4.78 is 5.18. The van der Waals surface area contributed by atoms with Crippen LogP contribution < -0.4 is 0 Å². The molecule has 1 heterocycles. The van der Waals surface area contributed by atoms with E-state index in [1.165, 1.54) is 6.07 Å². The van der Waals surface area contributed by atoms with E-state index in [0.29, 0.717) is 13.2 Å². The summed E-state index contributed by atoms with van der Waals surface area (Å²) in [7, 11) is 0. The molecule has 1 N–H and O–H groups in total. The monoisotopic (exact) mass is 297 g/mol. The minimum Gasteiger partial charge on any atom is -0.396 e. The standard InChI is InChI=1S/C14H19NO4S/c1-10-3-4-12(15(17)18)5-13(10)11(2)20-9-14(6-16)7-19-8-14/h3-5,11,16H,6-9H2,1-2H3. The third-order valence-electron chi connectivity index (χ3n) is 3.70. The van der Waals surface area contributed by atoms with E-state index in [1.54, 1.807) is 23.9 Å². The molecule has 20 heavy (non-hydrogen) atoms. The molecule has 0 saturated carbocycles. The number of non-ortho nitro benzene ring substituents is 1. The zero-order valence-electron chi connectivity index (χ0n) is 11.7. The Bertz CT molecular complexity index is 496. The molecule has 0 amide bonds. The Morgan fingerprint density at radius 1 is 1.55 bits per heavy atom. The van der Waals surface area contributed by atoms with E-state index in [0.717, 1.165) is 16.9 Å². The van der Waals surface area contributed by atoms with Gasteiger partial charge in [-0.3, -0.25) is 10.1 Å². The Morgan fingerprint density at radius 3 is 2.75 bits per heavy atom. The van der Waals surface area contributed by atoms with Gasteiger partial charge in [-0.15, -0.1) is 0 Å². The van der Waals surface area contributed by atoms with E-state index < -0.39 is 0 Å². The first-order valence-corrected chi connectivity index (χ1v) is 7.57. The Labute approximate surface area is 122 Å². The Morgan fingerprint density at radius 2 is 2.25 bits per heavy atom. The minimum absolute atomic E-state index is 0.126. The van der Waals surface area contributed by atoms with Crippen molar-refractivity contribution in [2.45, 2.75) is 19.1 Å². The van der Waals surface area contributed by atoms with E-state index in [4.69, 9.17) is 4.74 Å². The fourth-order valence-corrected chi connectivity index (χ4v) is 3.48. The van der Waals surface area contributed by atoms with Gasteiger partial charge in [-0.1, -0.05) is 6.07 Å². The number of aliphatic hydroxyl groups is 1. The Hall–Kier alpha value is -1.11. The number of ether oxygens (including phenoxy) is 1. The second-order valence-corrected chi connectivity index (χ2v) is 6.73. The molecule has 1 aromatic rings. The molecule has 0 spiro atoms. The minimum atomic E-state index is -0.366. The second kappa shape index (κ2) is 6.11. The van der Waals surface area contributed by atoms with Gasteiger partial charge in [-0.05, 0) is 25.0 Å². The third kappa shape index (κ3) is 3.13. The fraction of sp³-hybridized carbons (Fsp3) is 0.571. The van der Waals surface area contributed by atoms with Crippen molar-refractivity contribution in [2.75, 3.05) is 25.6 Å². The first-order valence-electron chi connectivity index (χ1n) is 6.52. The molecule has 1 aliphatic heterocycles. The topological polar surface area (TPSA) is 72.6 Å². The normalized spacial score (nSPS) is 18.4. The molecule has 2 rings (SSSR count). The van der Waals surface area contributed by atoms with Crippen LogP contribution in [-0.2, 0) is 4.74 Å². The van der Waals surface area contributed by atoms with E-state index in [2.05, 4.69) is 0 Å². The molecule has 0 aromatic heterocycles. The van der Waals surface area contributed by atoms with Gasteiger partial charge in [0.2, 0.25) is 0 Å². The van der Waals surface area contributed by atoms with E-state index in [1.807, 2.05) is 13.8 Å². The van der Waals surface area contributed by atoms with Crippen molar-refractivity contribution < 1.29 is 14.8 Å². The average molecular weight is 297 g/mol. The van der Waals surface area contributed by atoms with Gasteiger partial charge in [0.1, 0.15) is 0 Å². The van der Waals surface area contributed by atoms with E-state index in [-0.39, 0.29) is 27.9 Å². The van der Waals surface area contributed by atoms with Crippen molar-refractivity contribution in [1.82, 2.24) is 0 Å². The maximum Gasteiger partial charge on any atom is 0.269 e. The lowest BCUT2D eigenvalue weighted by Gasteiger charge is -2.40. The molecular formula is C14H19NO4S. The van der Waals surface area contributed by atoms with Crippen molar-refractivity contribution in [2.24, 2.45) is 5.41 Å². The summed E-state index contributed by atoms with van der Waals surface area (Å²) in [6.07, 6.45) is 0. The van der Waals surface area contributed by atoms with Crippen molar-refractivity contribution in [3.63, 3.8) is 0 Å². The van der Waals surface area contributed by atoms with Crippen LogP contribution in [0.1, 0.15) is 23.3 Å². The van der Waals surface area contributed by atoms with Gasteiger partial charge in [0.15, 0.2) is 0 Å². The molecule has 0 bridgehead atoms. The number of hydrogen-bond donors (Lipinski definition) is 1. The van der Waals surface area contributed by atoms with Crippen LogP contribution in [0.2, 0.25) is 0 Å². The molecule has 1 unspecified atom stereocenters. The van der Waals surface area contributed by atoms with Crippen LogP contribution in [-0.4, -0.2) is 35.6 Å². The number of rotatable bonds is 6. The van der Waals surface area contributed by atoms with Crippen molar-refractivity contribution in [1.29, 1.82) is 0 Å². The first kappa shape index (κ1) is 15.3. The largest absolute Gasteiger partial charge is 0.396 e. The van der Waals surface area contributed by atoms with Gasteiger partial charge < -0.3 is 9.84 Å². The number of nitro benzene ring substituents is 1. The summed E-state index contributed by atoms with van der Waals surface area (Å²) >= 11 is 1.71. The third-order valence-corrected chi connectivity index (χ3v) is 5.24. The Kier molecular flexibility index (Phi) is 4.67. The zero-order chi connectivity index (χ0) is 14.8. The second-order valence-electron chi connectivity index (χ2n) is 5.40. The Balaban J connectivity index is 2.06. The summed E-state index contributed by atoms with van der Waals surface area (Å²) in [6.45, 7) is 5.32. The summed E-state index contributed by atoms with van der Waals surface area (Å²) in [5, 5.41) is 20.4. The number of thioether (sulfide) groups is 1. The number of nitrogens with zero attached hydrogens (tertiary/aromatic N) is 1. The van der Waals surface area contributed by atoms with Crippen LogP contribution in [0.4, 0.5) is 5.69 Å². The molecule has 6 heteroatoms. The highest BCUT2D eigenvalue weighted by Gasteiger charge is 2.38. The summed E-state index contributed by atoms with van der Waals surface area (Å²) in [4.78, 5) is 10.5.